The first-order valence-electron chi connectivity index (χ1n) is 21.6. The molecule has 3 aliphatic rings. The summed E-state index contributed by atoms with van der Waals surface area (Å²) >= 11 is 0. The van der Waals surface area contributed by atoms with E-state index < -0.39 is 5.85 Å². The van der Waals surface area contributed by atoms with Crippen LogP contribution in [0.1, 0.15) is 55.5 Å². The van der Waals surface area contributed by atoms with E-state index in [0.717, 1.165) is 46.0 Å². The zero-order valence-electron chi connectivity index (χ0n) is 35.5. The Morgan fingerprint density at radius 1 is 0.590 bits per heavy atom. The largest absolute Gasteiger partial charge is 0.499 e. The number of imidazole rings is 1. The minimum absolute atomic E-state index is 0.0827. The Morgan fingerprint density at radius 3 is 2.00 bits per heavy atom. The third-order valence-electron chi connectivity index (χ3n) is 13.4. The van der Waals surface area contributed by atoms with Crippen LogP contribution in [0.25, 0.3) is 83.9 Å². The van der Waals surface area contributed by atoms with Gasteiger partial charge in [-0.2, -0.15) is 4.57 Å². The molecule has 0 saturated carbocycles. The van der Waals surface area contributed by atoms with Crippen LogP contribution in [0.15, 0.2) is 164 Å². The van der Waals surface area contributed by atoms with E-state index in [1.165, 1.54) is 77.8 Å². The van der Waals surface area contributed by atoms with Gasteiger partial charge in [0.25, 0.3) is 0 Å². The van der Waals surface area contributed by atoms with Crippen LogP contribution in [0.5, 0.6) is 5.75 Å². The van der Waals surface area contributed by atoms with Crippen molar-refractivity contribution in [2.45, 2.75) is 59.2 Å². The molecular weight excluding hydrogens is 743 g/mol. The van der Waals surface area contributed by atoms with Crippen molar-refractivity contribution in [2.75, 3.05) is 0 Å². The summed E-state index contributed by atoms with van der Waals surface area (Å²) in [7, 11) is 0. The number of benzene rings is 7. The van der Waals surface area contributed by atoms with Gasteiger partial charge in [0.1, 0.15) is 16.8 Å². The summed E-state index contributed by atoms with van der Waals surface area (Å²) in [6, 6.07) is 58.5. The Labute approximate surface area is 357 Å². The monoisotopic (exact) mass is 789 g/mol. The quantitative estimate of drug-likeness (QED) is 0.159. The molecule has 12 rings (SSSR count). The molecule has 294 valence electrons. The molecule has 0 amide bonds. The van der Waals surface area contributed by atoms with Gasteiger partial charge in [-0.05, 0) is 130 Å². The van der Waals surface area contributed by atoms with E-state index in [0.29, 0.717) is 0 Å². The standard InChI is InChI=1S/C57H47N3O/c1-7-37-31-44(25-26-45(37)41-17-12-9-13-18-41)59-50-20-14-19-46-47-33-43(56(4,5)6)34-48-51-32-42(40-23-21-39(22-24-40)38-15-10-8-11-16-38)27-28-58(51)57(52(47)48)60(53(46)50)55(59)49-30-35(2)29-36(3)54(49)61-57/h8-34H,7H2,1-6H3/q+2. The fraction of sp³-hybridized carbons (Fsp3) is 0.158. The van der Waals surface area contributed by atoms with Crippen LogP contribution in [0.4, 0.5) is 0 Å². The van der Waals surface area contributed by atoms with E-state index in [2.05, 4.69) is 219 Å². The van der Waals surface area contributed by atoms with E-state index in [9.17, 15) is 0 Å². The number of aryl methyl sites for hydroxylation is 3. The van der Waals surface area contributed by atoms with Gasteiger partial charge in [-0.1, -0.05) is 125 Å². The van der Waals surface area contributed by atoms with Gasteiger partial charge in [0.15, 0.2) is 23.0 Å². The molecule has 1 spiro atoms. The fourth-order valence-electron chi connectivity index (χ4n) is 10.6. The Balaban J connectivity index is 1.17. The molecule has 9 aromatic rings. The maximum absolute atomic E-state index is 7.81. The molecule has 0 bridgehead atoms. The number of nitrogens with zero attached hydrogens (tertiary/aromatic N) is 3. The topological polar surface area (TPSA) is 21.9 Å². The summed E-state index contributed by atoms with van der Waals surface area (Å²) in [5.74, 6) is 1.04. The van der Waals surface area contributed by atoms with Crippen LogP contribution in [0.3, 0.4) is 0 Å². The number of rotatable bonds is 5. The number of pyridine rings is 1. The van der Waals surface area contributed by atoms with Crippen molar-refractivity contribution in [2.24, 2.45) is 0 Å². The Kier molecular flexibility index (Phi) is 7.49. The minimum Gasteiger partial charge on any atom is -0.392 e. The van der Waals surface area contributed by atoms with Gasteiger partial charge in [-0.15, -0.1) is 9.13 Å². The van der Waals surface area contributed by atoms with Crippen molar-refractivity contribution >= 4 is 11.0 Å². The highest BCUT2D eigenvalue weighted by Gasteiger charge is 2.68. The second kappa shape index (κ2) is 12.7. The highest BCUT2D eigenvalue weighted by Crippen LogP contribution is 2.55. The highest BCUT2D eigenvalue weighted by atomic mass is 16.5. The molecule has 0 fully saturated rings. The molecule has 0 saturated heterocycles. The summed E-state index contributed by atoms with van der Waals surface area (Å²) in [4.78, 5) is 0. The lowest BCUT2D eigenvalue weighted by molar-refractivity contribution is -0.997. The minimum atomic E-state index is -1.01. The van der Waals surface area contributed by atoms with Crippen LogP contribution in [-0.4, -0.2) is 4.57 Å². The predicted octanol–water partition coefficient (Wildman–Crippen LogP) is 12.9. The molecule has 0 N–H and O–H groups in total. The van der Waals surface area contributed by atoms with Crippen molar-refractivity contribution in [3.8, 4) is 78.6 Å². The molecule has 3 aliphatic heterocycles. The maximum Gasteiger partial charge on any atom is 0.499 e. The first-order chi connectivity index (χ1) is 29.6. The Hall–Kier alpha value is -7.04. The average molecular weight is 790 g/mol. The SMILES string of the molecule is CCc1cc(-n2c3[n+]4c5c(cccc52)-c2cc(C(C)(C)C)cc5c2C4(Oc2c(C)cc(C)cc2-3)[n+]2ccc(-c3ccc(-c4ccccc4)cc3)cc2-5)ccc1-c1ccccc1. The van der Waals surface area contributed by atoms with Crippen LogP contribution in [0, 0.1) is 13.8 Å². The Morgan fingerprint density at radius 2 is 1.28 bits per heavy atom. The second-order valence-electron chi connectivity index (χ2n) is 18.2. The number of fused-ring (bicyclic) bond motifs is 5. The Bertz CT molecular complexity index is 3300. The summed E-state index contributed by atoms with van der Waals surface area (Å²) < 4.78 is 15.3. The van der Waals surface area contributed by atoms with Gasteiger partial charge in [0.2, 0.25) is 5.69 Å². The van der Waals surface area contributed by atoms with Crippen molar-refractivity contribution in [1.29, 1.82) is 0 Å². The third-order valence-corrected chi connectivity index (χ3v) is 13.4. The molecule has 0 radical (unpaired) electrons. The van der Waals surface area contributed by atoms with Gasteiger partial charge in [-0.3, -0.25) is 0 Å². The third kappa shape index (κ3) is 4.99. The van der Waals surface area contributed by atoms with E-state index >= 15 is 0 Å². The zero-order valence-corrected chi connectivity index (χ0v) is 35.5. The molecule has 4 nitrogen and oxygen atoms in total. The maximum atomic E-state index is 7.81. The molecule has 4 heteroatoms. The van der Waals surface area contributed by atoms with Gasteiger partial charge >= 0.3 is 11.7 Å². The molecule has 0 aliphatic carbocycles. The number of ether oxygens (including phenoxy) is 1. The highest BCUT2D eigenvalue weighted by molar-refractivity contribution is 5.98. The molecule has 2 aromatic heterocycles. The summed E-state index contributed by atoms with van der Waals surface area (Å²) in [6.07, 6.45) is 3.20. The molecule has 1 atom stereocenters. The number of hydrogen-bond donors (Lipinski definition) is 0. The summed E-state index contributed by atoms with van der Waals surface area (Å²) in [5, 5.41) is 0. The summed E-state index contributed by atoms with van der Waals surface area (Å²) in [6.45, 7) is 13.6. The molecule has 1 unspecified atom stereocenters. The number of hydrogen-bond acceptors (Lipinski definition) is 1. The average Bonchev–Trinajstić information content (AvgIpc) is 3.78. The lowest BCUT2D eigenvalue weighted by Crippen LogP contribution is -2.78. The van der Waals surface area contributed by atoms with Gasteiger partial charge < -0.3 is 4.74 Å². The smallest absolute Gasteiger partial charge is 0.392 e. The number of para-hydroxylation sites is 1. The zero-order chi connectivity index (χ0) is 41.4. The van der Waals surface area contributed by atoms with E-state index in [1.54, 1.807) is 0 Å². The van der Waals surface area contributed by atoms with Crippen molar-refractivity contribution in [3.05, 3.63) is 192 Å². The van der Waals surface area contributed by atoms with Crippen molar-refractivity contribution in [1.82, 2.24) is 4.57 Å². The first kappa shape index (κ1) is 35.9. The summed E-state index contributed by atoms with van der Waals surface area (Å²) in [5.41, 5.74) is 22.8. The van der Waals surface area contributed by atoms with E-state index in [4.69, 9.17) is 4.74 Å². The van der Waals surface area contributed by atoms with Crippen LogP contribution in [-0.2, 0) is 17.7 Å². The number of aromatic nitrogens is 3. The van der Waals surface area contributed by atoms with Gasteiger partial charge in [0, 0.05) is 23.3 Å². The molecule has 5 heterocycles. The second-order valence-corrected chi connectivity index (χ2v) is 18.2. The molecule has 61 heavy (non-hydrogen) atoms. The van der Waals surface area contributed by atoms with E-state index in [-0.39, 0.29) is 5.41 Å². The fourth-order valence-corrected chi connectivity index (χ4v) is 10.6. The van der Waals surface area contributed by atoms with Crippen molar-refractivity contribution < 1.29 is 13.9 Å². The van der Waals surface area contributed by atoms with Crippen LogP contribution < -0.4 is 13.9 Å². The van der Waals surface area contributed by atoms with Gasteiger partial charge in [0.05, 0.1) is 5.56 Å². The lowest BCUT2D eigenvalue weighted by Gasteiger charge is -2.33. The first-order valence-corrected chi connectivity index (χ1v) is 21.6. The molecule has 7 aromatic carbocycles. The van der Waals surface area contributed by atoms with Crippen LogP contribution in [0.2, 0.25) is 0 Å². The van der Waals surface area contributed by atoms with Crippen LogP contribution >= 0.6 is 0 Å². The van der Waals surface area contributed by atoms with Crippen molar-refractivity contribution in [3.63, 3.8) is 0 Å². The normalized spacial score (nSPS) is 15.3. The predicted molar refractivity (Wildman–Crippen MR) is 247 cm³/mol. The van der Waals surface area contributed by atoms with E-state index in [1.807, 2.05) is 0 Å². The molecular formula is C57H47N3O+2. The van der Waals surface area contributed by atoms with Gasteiger partial charge in [-0.25, -0.2) is 0 Å². The lowest BCUT2D eigenvalue weighted by atomic mass is 9.80.